The number of carbonyl (C=O) groups excluding carboxylic acids is 2. The molecule has 33 heavy (non-hydrogen) atoms. The molecule has 170 valence electrons. The van der Waals surface area contributed by atoms with Gasteiger partial charge in [0.2, 0.25) is 11.8 Å². The second kappa shape index (κ2) is 11.9. The summed E-state index contributed by atoms with van der Waals surface area (Å²) in [5, 5.41) is 7.62. The molecule has 0 radical (unpaired) electrons. The van der Waals surface area contributed by atoms with Crippen LogP contribution >= 0.6 is 23.2 Å². The van der Waals surface area contributed by atoms with Crippen LogP contribution in [-0.4, -0.2) is 25.1 Å². The largest absolute Gasteiger partial charge is 0.495 e. The number of halogens is 2. The molecule has 3 aromatic carbocycles. The lowest BCUT2D eigenvalue weighted by Gasteiger charge is -2.09. The van der Waals surface area contributed by atoms with Gasteiger partial charge in [-0.3, -0.25) is 9.59 Å². The van der Waals surface area contributed by atoms with Crippen molar-refractivity contribution in [1.29, 1.82) is 0 Å². The molecule has 0 saturated heterocycles. The summed E-state index contributed by atoms with van der Waals surface area (Å²) in [4.78, 5) is 24.0. The molecule has 7 nitrogen and oxygen atoms in total. The van der Waals surface area contributed by atoms with Gasteiger partial charge in [0.15, 0.2) is 0 Å². The topological polar surface area (TPSA) is 89.0 Å². The van der Waals surface area contributed by atoms with E-state index in [-0.39, 0.29) is 6.42 Å². The first-order valence-electron chi connectivity index (χ1n) is 9.86. The molecule has 0 bridgehead atoms. The standard InChI is InChI=1S/C24H21Cl2N3O4/c1-32-22-5-3-2-4-21(22)28-23(30)13-24(31)29-27-14-16-6-10-19(11-7-16)33-15-17-8-9-18(25)12-20(17)26/h2-12,14H,13,15H2,1H3,(H,28,30)(H,29,31). The van der Waals surface area contributed by atoms with Gasteiger partial charge >= 0.3 is 0 Å². The van der Waals surface area contributed by atoms with Crippen molar-refractivity contribution in [3.63, 3.8) is 0 Å². The number of nitrogens with one attached hydrogen (secondary N) is 2. The van der Waals surface area contributed by atoms with E-state index < -0.39 is 11.8 Å². The fraction of sp³-hybridized carbons (Fsp3) is 0.125. The zero-order valence-corrected chi connectivity index (χ0v) is 19.2. The zero-order valence-electron chi connectivity index (χ0n) is 17.7. The molecule has 9 heteroatoms. The number of nitrogens with zero attached hydrogens (tertiary/aromatic N) is 1. The molecule has 0 unspecified atom stereocenters. The number of hydrazone groups is 1. The molecule has 0 fully saturated rings. The van der Waals surface area contributed by atoms with Crippen molar-refractivity contribution < 1.29 is 19.1 Å². The number of anilines is 1. The maximum absolute atomic E-state index is 12.1. The SMILES string of the molecule is COc1ccccc1NC(=O)CC(=O)NN=Cc1ccc(OCc2ccc(Cl)cc2Cl)cc1. The van der Waals surface area contributed by atoms with E-state index in [1.807, 2.05) is 6.07 Å². The van der Waals surface area contributed by atoms with E-state index in [9.17, 15) is 9.59 Å². The lowest BCUT2D eigenvalue weighted by molar-refractivity contribution is -0.126. The van der Waals surface area contributed by atoms with Gasteiger partial charge in [-0.25, -0.2) is 5.43 Å². The molecule has 0 saturated carbocycles. The minimum atomic E-state index is -0.543. The number of carbonyl (C=O) groups is 2. The van der Waals surface area contributed by atoms with Crippen LogP contribution in [0.25, 0.3) is 0 Å². The number of methoxy groups -OCH3 is 1. The average Bonchev–Trinajstić information content (AvgIpc) is 2.79. The van der Waals surface area contributed by atoms with Gasteiger partial charge in [0.05, 0.1) is 19.0 Å². The quantitative estimate of drug-likeness (QED) is 0.251. The molecule has 0 heterocycles. The van der Waals surface area contributed by atoms with Crippen LogP contribution in [0.3, 0.4) is 0 Å². The summed E-state index contributed by atoms with van der Waals surface area (Å²) >= 11 is 12.0. The van der Waals surface area contributed by atoms with E-state index in [0.29, 0.717) is 33.8 Å². The number of hydrogen-bond acceptors (Lipinski definition) is 5. The molecule has 3 rings (SSSR count). The van der Waals surface area contributed by atoms with Crippen molar-refractivity contribution >= 4 is 46.9 Å². The Morgan fingerprint density at radius 1 is 1.00 bits per heavy atom. The Labute approximate surface area is 201 Å². The van der Waals surface area contributed by atoms with Gasteiger partial charge in [-0.2, -0.15) is 5.10 Å². The van der Waals surface area contributed by atoms with Gasteiger partial charge in [0.25, 0.3) is 0 Å². The van der Waals surface area contributed by atoms with E-state index in [4.69, 9.17) is 32.7 Å². The first-order chi connectivity index (χ1) is 15.9. The number of rotatable bonds is 9. The minimum absolute atomic E-state index is 0.302. The second-order valence-corrected chi connectivity index (χ2v) is 7.66. The van der Waals surface area contributed by atoms with Gasteiger partial charge in [-0.05, 0) is 54.1 Å². The van der Waals surface area contributed by atoms with Gasteiger partial charge in [0.1, 0.15) is 24.5 Å². The molecule has 0 spiro atoms. The van der Waals surface area contributed by atoms with E-state index in [2.05, 4.69) is 15.8 Å². The fourth-order valence-corrected chi connectivity index (χ4v) is 3.22. The summed E-state index contributed by atoms with van der Waals surface area (Å²) in [5.74, 6) is 0.135. The second-order valence-electron chi connectivity index (χ2n) is 6.81. The molecule has 2 N–H and O–H groups in total. The van der Waals surface area contributed by atoms with Crippen LogP contribution in [0.15, 0.2) is 71.8 Å². The van der Waals surface area contributed by atoms with Crippen LogP contribution in [0.5, 0.6) is 11.5 Å². The highest BCUT2D eigenvalue weighted by molar-refractivity contribution is 6.35. The normalized spacial score (nSPS) is 10.6. The summed E-state index contributed by atoms with van der Waals surface area (Å²) in [6.07, 6.45) is 1.09. The summed E-state index contributed by atoms with van der Waals surface area (Å²) in [5.41, 5.74) is 4.38. The lowest BCUT2D eigenvalue weighted by atomic mass is 10.2. The first-order valence-corrected chi connectivity index (χ1v) is 10.6. The van der Waals surface area contributed by atoms with Gasteiger partial charge in [-0.1, -0.05) is 41.4 Å². The molecule has 0 aliphatic carbocycles. The van der Waals surface area contributed by atoms with E-state index in [0.717, 1.165) is 11.1 Å². The Bertz CT molecular complexity index is 1150. The molecule has 0 atom stereocenters. The highest BCUT2D eigenvalue weighted by Gasteiger charge is 2.11. The van der Waals surface area contributed by atoms with Crippen molar-refractivity contribution in [3.05, 3.63) is 87.9 Å². The Morgan fingerprint density at radius 2 is 1.76 bits per heavy atom. The van der Waals surface area contributed by atoms with Crippen molar-refractivity contribution in [2.75, 3.05) is 12.4 Å². The van der Waals surface area contributed by atoms with Gasteiger partial charge in [-0.15, -0.1) is 0 Å². The summed E-state index contributed by atoms with van der Waals surface area (Å²) in [6, 6.07) is 19.3. The summed E-state index contributed by atoms with van der Waals surface area (Å²) < 4.78 is 10.9. The Hall–Kier alpha value is -3.55. The number of para-hydroxylation sites is 2. The summed E-state index contributed by atoms with van der Waals surface area (Å²) in [7, 11) is 1.50. The molecular formula is C24H21Cl2N3O4. The predicted octanol–water partition coefficient (Wildman–Crippen LogP) is 5.06. The van der Waals surface area contributed by atoms with E-state index >= 15 is 0 Å². The zero-order chi connectivity index (χ0) is 23.6. The first kappa shape index (κ1) is 24.1. The highest BCUT2D eigenvalue weighted by atomic mass is 35.5. The van der Waals surface area contributed by atoms with Crippen LogP contribution in [-0.2, 0) is 16.2 Å². The van der Waals surface area contributed by atoms with Gasteiger partial charge in [0, 0.05) is 15.6 Å². The van der Waals surface area contributed by atoms with Gasteiger partial charge < -0.3 is 14.8 Å². The minimum Gasteiger partial charge on any atom is -0.495 e. The molecule has 3 aromatic rings. The molecule has 0 aromatic heterocycles. The van der Waals surface area contributed by atoms with E-state index in [1.165, 1.54) is 13.3 Å². The lowest BCUT2D eigenvalue weighted by Crippen LogP contribution is -2.24. The van der Waals surface area contributed by atoms with Crippen LogP contribution in [0.2, 0.25) is 10.0 Å². The van der Waals surface area contributed by atoms with E-state index in [1.54, 1.807) is 60.7 Å². The molecule has 2 amide bonds. The smallest absolute Gasteiger partial charge is 0.249 e. The predicted molar refractivity (Wildman–Crippen MR) is 129 cm³/mol. The maximum atomic E-state index is 12.1. The Kier molecular flexibility index (Phi) is 8.69. The van der Waals surface area contributed by atoms with Crippen molar-refractivity contribution in [3.8, 4) is 11.5 Å². The monoisotopic (exact) mass is 485 g/mol. The Morgan fingerprint density at radius 3 is 2.48 bits per heavy atom. The number of benzene rings is 3. The van der Waals surface area contributed by atoms with Crippen molar-refractivity contribution in [1.82, 2.24) is 5.43 Å². The fourth-order valence-electron chi connectivity index (χ4n) is 2.76. The third-order valence-corrected chi connectivity index (χ3v) is 4.98. The Balaban J connectivity index is 1.44. The molecule has 0 aliphatic rings. The highest BCUT2D eigenvalue weighted by Crippen LogP contribution is 2.24. The van der Waals surface area contributed by atoms with Crippen LogP contribution < -0.4 is 20.2 Å². The van der Waals surface area contributed by atoms with Crippen LogP contribution in [0, 0.1) is 0 Å². The van der Waals surface area contributed by atoms with Crippen molar-refractivity contribution in [2.24, 2.45) is 5.10 Å². The molecule has 0 aliphatic heterocycles. The number of hydrogen-bond donors (Lipinski definition) is 2. The van der Waals surface area contributed by atoms with Crippen LogP contribution in [0.4, 0.5) is 5.69 Å². The average molecular weight is 486 g/mol. The number of ether oxygens (including phenoxy) is 2. The van der Waals surface area contributed by atoms with Crippen molar-refractivity contribution in [2.45, 2.75) is 13.0 Å². The third kappa shape index (κ3) is 7.52. The maximum Gasteiger partial charge on any atom is 0.249 e. The number of amides is 2. The van der Waals surface area contributed by atoms with Crippen LogP contribution in [0.1, 0.15) is 17.5 Å². The third-order valence-electron chi connectivity index (χ3n) is 4.39. The molecular weight excluding hydrogens is 465 g/mol. The summed E-state index contributed by atoms with van der Waals surface area (Å²) in [6.45, 7) is 0.302.